The summed E-state index contributed by atoms with van der Waals surface area (Å²) < 4.78 is 80.1. The fraction of sp³-hybridized carbons (Fsp3) is 0.375. The van der Waals surface area contributed by atoms with Crippen molar-refractivity contribution in [2.75, 3.05) is 4.90 Å². The van der Waals surface area contributed by atoms with Gasteiger partial charge in [-0.2, -0.15) is 26.3 Å². The molecule has 0 aromatic heterocycles. The van der Waals surface area contributed by atoms with E-state index in [0.717, 1.165) is 4.90 Å². The van der Waals surface area contributed by atoms with Gasteiger partial charge in [0.05, 0.1) is 23.4 Å². The van der Waals surface area contributed by atoms with E-state index < -0.39 is 71.2 Å². The van der Waals surface area contributed by atoms with E-state index in [-0.39, 0.29) is 23.7 Å². The normalized spacial score (nSPS) is 19.5. The SMILES string of the molecule is NC1(CC(=O)N[C@@H]2CC(=O)c3ccccc3N(Cc3cc(C(F)(F)F)cc(C(F)(F)F)c3)C2=O)CC1. The number of anilines is 1. The summed E-state index contributed by atoms with van der Waals surface area (Å²) in [6.07, 6.45) is -9.40. The summed E-state index contributed by atoms with van der Waals surface area (Å²) in [7, 11) is 0. The third kappa shape index (κ3) is 5.53. The molecule has 0 saturated heterocycles. The van der Waals surface area contributed by atoms with Gasteiger partial charge in [-0.05, 0) is 48.7 Å². The van der Waals surface area contributed by atoms with Gasteiger partial charge in [0, 0.05) is 23.9 Å². The number of hydrogen-bond acceptors (Lipinski definition) is 4. The smallest absolute Gasteiger partial charge is 0.344 e. The highest BCUT2D eigenvalue weighted by molar-refractivity contribution is 6.12. The zero-order valence-electron chi connectivity index (χ0n) is 18.7. The van der Waals surface area contributed by atoms with Crippen LogP contribution in [0.25, 0.3) is 0 Å². The quantitative estimate of drug-likeness (QED) is 0.586. The second kappa shape index (κ2) is 8.91. The van der Waals surface area contributed by atoms with Gasteiger partial charge in [0.25, 0.3) is 0 Å². The highest BCUT2D eigenvalue weighted by Crippen LogP contribution is 2.38. The Morgan fingerprint density at radius 2 is 1.58 bits per heavy atom. The van der Waals surface area contributed by atoms with Crippen LogP contribution in [0.5, 0.6) is 0 Å². The summed E-state index contributed by atoms with van der Waals surface area (Å²) in [4.78, 5) is 39.7. The second-order valence-electron chi connectivity index (χ2n) is 9.14. The molecule has 1 aliphatic carbocycles. The van der Waals surface area contributed by atoms with Crippen LogP contribution in [0.15, 0.2) is 42.5 Å². The van der Waals surface area contributed by atoms with Crippen molar-refractivity contribution in [1.82, 2.24) is 5.32 Å². The molecule has 1 saturated carbocycles. The Labute approximate surface area is 201 Å². The van der Waals surface area contributed by atoms with Crippen LogP contribution in [0, 0.1) is 0 Å². The second-order valence-corrected chi connectivity index (χ2v) is 9.14. The Morgan fingerprint density at radius 1 is 1.00 bits per heavy atom. The number of amides is 2. The molecule has 2 aromatic carbocycles. The molecule has 1 fully saturated rings. The van der Waals surface area contributed by atoms with Gasteiger partial charge < -0.3 is 16.0 Å². The minimum absolute atomic E-state index is 0.00518. The van der Waals surface area contributed by atoms with E-state index in [1.807, 2.05) is 0 Å². The molecule has 0 unspecified atom stereocenters. The molecule has 1 heterocycles. The third-order valence-corrected chi connectivity index (χ3v) is 6.18. The average Bonchev–Trinajstić information content (AvgIpc) is 3.52. The molecule has 2 amide bonds. The molecule has 6 nitrogen and oxygen atoms in total. The van der Waals surface area contributed by atoms with Crippen LogP contribution >= 0.6 is 0 Å². The molecular weight excluding hydrogens is 492 g/mol. The fourth-order valence-electron chi connectivity index (χ4n) is 4.11. The lowest BCUT2D eigenvalue weighted by molar-refractivity contribution is -0.143. The van der Waals surface area contributed by atoms with Crippen molar-refractivity contribution in [1.29, 1.82) is 0 Å². The molecule has 3 N–H and O–H groups in total. The molecule has 4 rings (SSSR count). The lowest BCUT2D eigenvalue weighted by Gasteiger charge is -2.27. The first-order valence-electron chi connectivity index (χ1n) is 11.0. The minimum atomic E-state index is -5.07. The first-order chi connectivity index (χ1) is 16.7. The number of ketones is 1. The zero-order chi connectivity index (χ0) is 26.5. The summed E-state index contributed by atoms with van der Waals surface area (Å²) in [5.74, 6) is -1.93. The van der Waals surface area contributed by atoms with E-state index in [1.165, 1.54) is 24.3 Å². The molecule has 12 heteroatoms. The number of nitrogens with two attached hydrogens (primary N) is 1. The number of halogens is 6. The number of carbonyl (C=O) groups is 3. The van der Waals surface area contributed by atoms with Gasteiger partial charge in [0.1, 0.15) is 6.04 Å². The number of rotatable bonds is 5. The summed E-state index contributed by atoms with van der Waals surface area (Å²) >= 11 is 0. The van der Waals surface area contributed by atoms with Crippen molar-refractivity contribution >= 4 is 23.3 Å². The van der Waals surface area contributed by atoms with Crippen LogP contribution in [-0.4, -0.2) is 29.2 Å². The van der Waals surface area contributed by atoms with Crippen LogP contribution in [-0.2, 0) is 28.5 Å². The molecule has 36 heavy (non-hydrogen) atoms. The summed E-state index contributed by atoms with van der Waals surface area (Å²) in [6.45, 7) is -0.691. The van der Waals surface area contributed by atoms with E-state index in [0.29, 0.717) is 25.0 Å². The van der Waals surface area contributed by atoms with Crippen molar-refractivity contribution < 1.29 is 40.7 Å². The summed E-state index contributed by atoms with van der Waals surface area (Å²) in [5.41, 5.74) is 1.83. The van der Waals surface area contributed by atoms with Crippen LogP contribution in [0.3, 0.4) is 0 Å². The van der Waals surface area contributed by atoms with Gasteiger partial charge in [0.2, 0.25) is 11.8 Å². The first kappa shape index (κ1) is 25.7. The van der Waals surface area contributed by atoms with Crippen LogP contribution < -0.4 is 16.0 Å². The predicted octanol–water partition coefficient (Wildman–Crippen LogP) is 4.21. The highest BCUT2D eigenvalue weighted by Gasteiger charge is 2.42. The van der Waals surface area contributed by atoms with Gasteiger partial charge in [0.15, 0.2) is 5.78 Å². The van der Waals surface area contributed by atoms with E-state index in [1.54, 1.807) is 0 Å². The first-order valence-corrected chi connectivity index (χ1v) is 11.0. The van der Waals surface area contributed by atoms with Crippen molar-refractivity contribution in [3.05, 3.63) is 64.7 Å². The third-order valence-electron chi connectivity index (χ3n) is 6.18. The molecular formula is C24H21F6N3O3. The number of alkyl halides is 6. The Hall–Kier alpha value is -3.41. The Balaban J connectivity index is 1.72. The zero-order valence-corrected chi connectivity index (χ0v) is 18.7. The molecule has 192 valence electrons. The monoisotopic (exact) mass is 513 g/mol. The largest absolute Gasteiger partial charge is 0.416 e. The van der Waals surface area contributed by atoms with Gasteiger partial charge in [-0.25, -0.2) is 0 Å². The Bertz CT molecular complexity index is 1190. The molecule has 0 spiro atoms. The number of carbonyl (C=O) groups excluding carboxylic acids is 3. The topological polar surface area (TPSA) is 92.5 Å². The molecule has 1 atom stereocenters. The fourth-order valence-corrected chi connectivity index (χ4v) is 4.11. The predicted molar refractivity (Wildman–Crippen MR) is 116 cm³/mol. The molecule has 2 aliphatic rings. The average molecular weight is 513 g/mol. The van der Waals surface area contributed by atoms with E-state index in [9.17, 15) is 40.7 Å². The number of nitrogens with zero attached hydrogens (tertiary/aromatic N) is 1. The van der Waals surface area contributed by atoms with Crippen molar-refractivity contribution in [2.45, 2.75) is 56.2 Å². The number of nitrogens with one attached hydrogen (secondary N) is 1. The molecule has 1 aliphatic heterocycles. The van der Waals surface area contributed by atoms with E-state index in [4.69, 9.17) is 5.73 Å². The van der Waals surface area contributed by atoms with Gasteiger partial charge in [-0.15, -0.1) is 0 Å². The maximum atomic E-state index is 13.4. The molecule has 2 aromatic rings. The van der Waals surface area contributed by atoms with Crippen molar-refractivity contribution in [2.24, 2.45) is 5.73 Å². The van der Waals surface area contributed by atoms with Crippen molar-refractivity contribution in [3.63, 3.8) is 0 Å². The molecule has 0 radical (unpaired) electrons. The standard InChI is InChI=1S/C24H21F6N3O3/c25-23(26,27)14-7-13(8-15(9-14)24(28,29)30)12-33-18-4-2-1-3-16(18)19(34)10-17(21(33)36)32-20(35)11-22(31)5-6-22/h1-4,7-9,17H,5-6,10-12,31H2,(H,32,35)/t17-/m1/s1. The number of fused-ring (bicyclic) bond motifs is 1. The maximum absolute atomic E-state index is 13.4. The number of hydrogen-bond donors (Lipinski definition) is 2. The lowest BCUT2D eigenvalue weighted by Crippen LogP contribution is -2.49. The number of para-hydroxylation sites is 1. The van der Waals surface area contributed by atoms with E-state index in [2.05, 4.69) is 5.32 Å². The van der Waals surface area contributed by atoms with Crippen molar-refractivity contribution in [3.8, 4) is 0 Å². The van der Waals surface area contributed by atoms with E-state index >= 15 is 0 Å². The van der Waals surface area contributed by atoms with Gasteiger partial charge in [-0.3, -0.25) is 14.4 Å². The van der Waals surface area contributed by atoms with Crippen LogP contribution in [0.4, 0.5) is 32.0 Å². The minimum Gasteiger partial charge on any atom is -0.344 e. The summed E-state index contributed by atoms with van der Waals surface area (Å²) in [6, 6.07) is 5.43. The Morgan fingerprint density at radius 3 is 2.14 bits per heavy atom. The lowest BCUT2D eigenvalue weighted by atomic mass is 10.0. The van der Waals surface area contributed by atoms with Crippen LogP contribution in [0.1, 0.15) is 52.7 Å². The van der Waals surface area contributed by atoms with Gasteiger partial charge >= 0.3 is 12.4 Å². The highest BCUT2D eigenvalue weighted by atomic mass is 19.4. The number of Topliss-reactive ketones (excluding diaryl/α,β-unsaturated/α-hetero) is 1. The number of benzene rings is 2. The maximum Gasteiger partial charge on any atom is 0.416 e. The van der Waals surface area contributed by atoms with Gasteiger partial charge in [-0.1, -0.05) is 12.1 Å². The summed E-state index contributed by atoms with van der Waals surface area (Å²) in [5, 5.41) is 2.47. The molecule has 0 bridgehead atoms. The Kier molecular flexibility index (Phi) is 6.36. The van der Waals surface area contributed by atoms with Crippen LogP contribution in [0.2, 0.25) is 0 Å².